The third kappa shape index (κ3) is 16.2. The quantitative estimate of drug-likeness (QED) is 0.0725. The Bertz CT molecular complexity index is 5210. The van der Waals surface area contributed by atoms with E-state index in [2.05, 4.69) is 132 Å². The molecule has 5 N–H and O–H groups in total. The van der Waals surface area contributed by atoms with Crippen molar-refractivity contribution < 1.29 is 59.2 Å². The zero-order chi connectivity index (χ0) is 89.8. The number of carbonyl (C=O) groups excluding carboxylic acids is 4. The van der Waals surface area contributed by atoms with E-state index in [-0.39, 0.29) is 32.9 Å². The van der Waals surface area contributed by atoms with Crippen LogP contribution in [0.2, 0.25) is 0 Å². The molecule has 16 aliphatic carbocycles. The van der Waals surface area contributed by atoms with Gasteiger partial charge in [0.1, 0.15) is 28.2 Å². The van der Waals surface area contributed by atoms with Gasteiger partial charge in [-0.1, -0.05) is 125 Å². The van der Waals surface area contributed by atoms with Crippen molar-refractivity contribution in [2.45, 2.75) is 258 Å². The molecule has 0 amide bonds. The summed E-state index contributed by atoms with van der Waals surface area (Å²) in [7, 11) is 5.74. The van der Waals surface area contributed by atoms with Gasteiger partial charge in [0.15, 0.2) is 23.1 Å². The molecule has 0 aliphatic heterocycles. The van der Waals surface area contributed by atoms with Gasteiger partial charge in [0, 0.05) is 102 Å². The monoisotopic (exact) mass is 1710 g/mol. The van der Waals surface area contributed by atoms with Crippen LogP contribution in [0.15, 0.2) is 144 Å². The second-order valence-electron chi connectivity index (χ2n) is 43.7. The molecular weight excluding hydrogens is 1580 g/mol. The van der Waals surface area contributed by atoms with E-state index in [0.29, 0.717) is 179 Å². The summed E-state index contributed by atoms with van der Waals surface area (Å²) in [4.78, 5) is 71.6. The van der Waals surface area contributed by atoms with Crippen molar-refractivity contribution in [3.63, 3.8) is 0 Å². The maximum absolute atomic E-state index is 12.0. The Balaban J connectivity index is 0.000000119. The van der Waals surface area contributed by atoms with E-state index in [1.807, 2.05) is 62.7 Å². The number of rotatable bonds is 4. The van der Waals surface area contributed by atoms with Crippen molar-refractivity contribution in [3.8, 4) is 53.1 Å². The maximum atomic E-state index is 12.0. The highest BCUT2D eigenvalue weighted by Crippen LogP contribution is 2.71. The molecule has 670 valence electrons. The zero-order valence-electron chi connectivity index (χ0n) is 76.8. The lowest BCUT2D eigenvalue weighted by molar-refractivity contribution is -0.384. The number of carboxylic acid groups (broad SMARTS) is 1. The number of carbonyl (C=O) groups is 5. The van der Waals surface area contributed by atoms with Crippen LogP contribution < -0.4 is 9.64 Å². The van der Waals surface area contributed by atoms with Gasteiger partial charge < -0.3 is 35.2 Å². The molecule has 16 unspecified atom stereocenters. The third-order valence-electron chi connectivity index (χ3n) is 37.5. The number of fused-ring (bicyclic) bond motifs is 20. The minimum Gasteiger partial charge on any atom is -0.497 e. The second-order valence-corrected chi connectivity index (χ2v) is 43.7. The SMILES string of the molecule is COc1ccc(C#C[C@]2(O)CCC3C4C(CC[C@@]32C)C2CCC(=O)C=C2C[C@H]4C)cc1.C[C@@H]1CC2=CC(=O)CCC2C2CC[C@@]3(C)C(CC[C@@]3(O)C#Cc3ccc(C(=O)O)cc3)C21.C[C@@H]1CC2=CC(=O)CCC2C2CC[C@@]3(C)C(CC[C@@]3(O)C#Cc3ccc(N(C)C)cc3)C21.C[C@@H]1CC2=CC(=O)CCC2C2CC[C@@]3(C)C(CC[C@@]3(O)C#Cc3ccc([N+](=O)[O-])cc3)C21. The first-order valence-corrected chi connectivity index (χ1v) is 48.4. The molecule has 0 spiro atoms. The average molecular weight is 1720 g/mol. The molecular formula is C112H134N2O13. The molecule has 28 atom stereocenters. The van der Waals surface area contributed by atoms with Gasteiger partial charge in [0.05, 0.1) is 17.6 Å². The van der Waals surface area contributed by atoms with E-state index < -0.39 is 33.3 Å². The highest BCUT2D eigenvalue weighted by Gasteiger charge is 2.68. The van der Waals surface area contributed by atoms with Crippen LogP contribution >= 0.6 is 0 Å². The average Bonchev–Trinajstić information content (AvgIpc) is 1.60. The lowest BCUT2D eigenvalue weighted by Crippen LogP contribution is -2.54. The number of carboxylic acids is 1. The van der Waals surface area contributed by atoms with E-state index >= 15 is 0 Å². The van der Waals surface area contributed by atoms with Crippen molar-refractivity contribution in [2.75, 3.05) is 26.1 Å². The lowest BCUT2D eigenvalue weighted by Gasteiger charge is -2.56. The first-order valence-electron chi connectivity index (χ1n) is 48.4. The van der Waals surface area contributed by atoms with Crippen LogP contribution in [-0.2, 0) is 19.2 Å². The highest BCUT2D eigenvalue weighted by atomic mass is 16.6. The van der Waals surface area contributed by atoms with Gasteiger partial charge in [-0.2, -0.15) is 0 Å². The summed E-state index contributed by atoms with van der Waals surface area (Å²) in [6.45, 7) is 18.5. The fraction of sp³-hybridized carbons (Fsp3) is 0.598. The van der Waals surface area contributed by atoms with Gasteiger partial charge in [0.25, 0.3) is 5.69 Å². The number of allylic oxidation sites excluding steroid dienone is 4. The van der Waals surface area contributed by atoms with E-state index in [9.17, 15) is 54.5 Å². The van der Waals surface area contributed by atoms with Gasteiger partial charge >= 0.3 is 5.97 Å². The summed E-state index contributed by atoms with van der Waals surface area (Å²) < 4.78 is 5.24. The number of ketones is 4. The third-order valence-corrected chi connectivity index (χ3v) is 37.5. The van der Waals surface area contributed by atoms with Crippen molar-refractivity contribution in [2.24, 2.45) is 140 Å². The molecule has 0 bridgehead atoms. The number of aromatic carboxylic acids is 1. The molecule has 127 heavy (non-hydrogen) atoms. The smallest absolute Gasteiger partial charge is 0.335 e. The van der Waals surface area contributed by atoms with Crippen LogP contribution in [0.3, 0.4) is 0 Å². The van der Waals surface area contributed by atoms with E-state index in [4.69, 9.17) is 9.84 Å². The minimum absolute atomic E-state index is 0.0459. The van der Waals surface area contributed by atoms with E-state index in [1.54, 1.807) is 43.5 Å². The summed E-state index contributed by atoms with van der Waals surface area (Å²) in [5.74, 6) is 38.5. The predicted octanol–water partition coefficient (Wildman–Crippen LogP) is 20.3. The summed E-state index contributed by atoms with van der Waals surface area (Å²) >= 11 is 0. The Labute approximate surface area is 753 Å². The Morgan fingerprint density at radius 2 is 0.654 bits per heavy atom. The van der Waals surface area contributed by atoms with Crippen molar-refractivity contribution in [1.82, 2.24) is 0 Å². The van der Waals surface area contributed by atoms with E-state index in [0.717, 1.165) is 176 Å². The molecule has 15 nitrogen and oxygen atoms in total. The number of anilines is 1. The van der Waals surface area contributed by atoms with Gasteiger partial charge in [-0.05, 0) is 382 Å². The van der Waals surface area contributed by atoms with E-state index in [1.165, 1.54) is 34.4 Å². The summed E-state index contributed by atoms with van der Waals surface area (Å²) in [6, 6.07) is 28.8. The second kappa shape index (κ2) is 34.7. The first kappa shape index (κ1) is 90.0. The molecule has 4 aromatic rings. The number of ether oxygens (including phenoxy) is 1. The van der Waals surface area contributed by atoms with Crippen LogP contribution in [0.25, 0.3) is 0 Å². The molecule has 0 radical (unpaired) electrons. The van der Waals surface area contributed by atoms with Gasteiger partial charge in [0.2, 0.25) is 0 Å². The number of benzene rings is 4. The molecule has 0 saturated heterocycles. The Kier molecular flexibility index (Phi) is 24.6. The summed E-state index contributed by atoms with van der Waals surface area (Å²) in [5, 5.41) is 67.2. The Hall–Kier alpha value is -8.93. The zero-order valence-corrected chi connectivity index (χ0v) is 76.8. The lowest BCUT2D eigenvalue weighted by atomic mass is 9.48. The molecule has 12 fully saturated rings. The van der Waals surface area contributed by atoms with Crippen LogP contribution in [0.5, 0.6) is 5.75 Å². The number of nitro groups is 1. The van der Waals surface area contributed by atoms with Crippen molar-refractivity contribution in [3.05, 3.63) is 182 Å². The first-order chi connectivity index (χ1) is 60.5. The Morgan fingerprint density at radius 1 is 0.394 bits per heavy atom. The minimum atomic E-state index is -1.04. The molecule has 15 heteroatoms. The molecule has 12 saturated carbocycles. The molecule has 4 aromatic carbocycles. The topological polar surface area (TPSA) is 242 Å². The molecule has 16 aliphatic rings. The van der Waals surface area contributed by atoms with Crippen molar-refractivity contribution in [1.29, 1.82) is 0 Å². The fourth-order valence-corrected chi connectivity index (χ4v) is 30.8. The number of hydrogen-bond acceptors (Lipinski definition) is 13. The molecule has 0 aromatic heterocycles. The molecule has 20 rings (SSSR count). The standard InChI is InChI=1S/C29H37NO2.C28H32O4.C28H34O3.C27H31NO4/c1-19-17-21-18-23(31)9-10-24(21)25-12-14-28(2)26(27(19)25)13-16-29(28,32)15-11-20-5-7-22(8-6-20)30(3)4;1-17-15-20-16-21(29)7-8-22(20)23-10-12-27(2)24(25(17)23)11-14-28(27,32)13-9-18-3-5-19(6-4-18)26(30)31;1-18-16-20-17-21(29)6-9-23(20)24-11-13-27(2)25(26(18)24)12-15-28(27,30)14-10-19-4-7-22(31-3)8-5-19;1-17-15-19-16-21(29)7-8-22(19)23-10-12-26(2)24(25(17)23)11-14-27(26,30)13-9-18-3-5-20(6-4-18)28(31)32/h5-8,18-19,24-27,32H,9-10,12-14,16-17H2,1-4H3;3-6,16-17,22-25,32H,7-8,10-12,14-15H2,1-2H3,(H,30,31);4-5,7-8,17-18,23-26,30H,6,9,11-13,15-16H2,1-3H3;3-6,16-17,22-25,30H,7-8,10-12,14-15H2,1-2H3/t19-,24?,25?,26?,27?,28+,29+;17-,22?,23?,24?,25?,27+,28+;18-,23?,24?,25?,26?,27+,28+;17-,22?,23?,24?,25?,26+,27+/m1111/s1. The summed E-state index contributed by atoms with van der Waals surface area (Å²) in [5.41, 5.74) is 5.67. The van der Waals surface area contributed by atoms with Crippen LogP contribution in [0.1, 0.15) is 268 Å². The highest BCUT2D eigenvalue weighted by molar-refractivity contribution is 5.93. The fourth-order valence-electron chi connectivity index (χ4n) is 30.8. The van der Waals surface area contributed by atoms with Crippen LogP contribution in [0, 0.1) is 197 Å². The maximum Gasteiger partial charge on any atom is 0.335 e. The number of non-ortho nitro benzene ring substituents is 1. The largest absolute Gasteiger partial charge is 0.497 e. The van der Waals surface area contributed by atoms with Gasteiger partial charge in [-0.15, -0.1) is 0 Å². The summed E-state index contributed by atoms with van der Waals surface area (Å²) in [6.07, 6.45) is 34.3. The number of hydrogen-bond donors (Lipinski definition) is 5. The van der Waals surface area contributed by atoms with Gasteiger partial charge in [-0.3, -0.25) is 29.3 Å². The number of aliphatic hydroxyl groups is 4. The van der Waals surface area contributed by atoms with Gasteiger partial charge in [-0.25, -0.2) is 4.79 Å². The predicted molar refractivity (Wildman–Crippen MR) is 494 cm³/mol. The molecule has 0 heterocycles. The van der Waals surface area contributed by atoms with Crippen LogP contribution in [-0.4, -0.2) is 103 Å². The number of methoxy groups -OCH3 is 1. The number of nitro benzene ring substituents is 1. The van der Waals surface area contributed by atoms with Crippen LogP contribution in [0.4, 0.5) is 11.4 Å². The van der Waals surface area contributed by atoms with Crippen molar-refractivity contribution >= 4 is 40.5 Å². The Morgan fingerprint density at radius 3 is 0.906 bits per heavy atom. The normalized spacial score (nSPS) is 40.5. The number of nitrogens with zero attached hydrogens (tertiary/aromatic N) is 2.